The van der Waals surface area contributed by atoms with Crippen LogP contribution in [0.25, 0.3) is 0 Å². The van der Waals surface area contributed by atoms with E-state index in [0.717, 1.165) is 42.4 Å². The van der Waals surface area contributed by atoms with E-state index in [2.05, 4.69) is 18.2 Å². The number of methoxy groups -OCH3 is 1. The van der Waals surface area contributed by atoms with Crippen molar-refractivity contribution < 1.29 is 38.2 Å². The van der Waals surface area contributed by atoms with Crippen molar-refractivity contribution in [3.8, 4) is 0 Å². The highest BCUT2D eigenvalue weighted by molar-refractivity contribution is 5.92. The normalized spacial score (nSPS) is 26.8. The monoisotopic (exact) mass is 610 g/mol. The molecule has 4 rings (SSSR count). The number of esters is 2. The number of rotatable bonds is 5. The molecule has 0 saturated carbocycles. The molecule has 44 heavy (non-hydrogen) atoms. The average molecular weight is 611 g/mol. The molecule has 0 aromatic carbocycles. The Morgan fingerprint density at radius 2 is 1.91 bits per heavy atom. The fourth-order valence-electron chi connectivity index (χ4n) is 6.29. The van der Waals surface area contributed by atoms with Crippen LogP contribution in [0.3, 0.4) is 0 Å². The van der Waals surface area contributed by atoms with E-state index < -0.39 is 42.0 Å². The maximum atomic E-state index is 14.0. The summed E-state index contributed by atoms with van der Waals surface area (Å²) in [5.74, 6) is -2.67. The summed E-state index contributed by atoms with van der Waals surface area (Å²) in [5.41, 5.74) is 4.04. The molecule has 3 atom stereocenters. The largest absolute Gasteiger partial charge is 0.467 e. The maximum absolute atomic E-state index is 14.0. The van der Waals surface area contributed by atoms with Gasteiger partial charge in [-0.05, 0) is 74.2 Å². The van der Waals surface area contributed by atoms with E-state index in [1.54, 1.807) is 4.90 Å². The second-order valence-corrected chi connectivity index (χ2v) is 13.3. The zero-order valence-electron chi connectivity index (χ0n) is 26.7. The molecule has 1 saturated heterocycles. The fourth-order valence-corrected chi connectivity index (χ4v) is 6.29. The van der Waals surface area contributed by atoms with E-state index >= 15 is 0 Å². The van der Waals surface area contributed by atoms with Gasteiger partial charge in [-0.1, -0.05) is 37.6 Å². The molecule has 4 bridgehead atoms. The van der Waals surface area contributed by atoms with Crippen molar-refractivity contribution in [1.29, 1.82) is 0 Å². The lowest BCUT2D eigenvalue weighted by Crippen LogP contribution is -2.45. The molecule has 0 radical (unpaired) electrons. The highest BCUT2D eigenvalue weighted by atomic mass is 16.6. The average Bonchev–Trinajstić information content (AvgIpc) is 3.60. The Hall–Kier alpha value is -3.69. The lowest BCUT2D eigenvalue weighted by atomic mass is 9.88. The molecule has 2 amide bonds. The molecular formula is C34H46N2O8. The summed E-state index contributed by atoms with van der Waals surface area (Å²) in [6, 6.07) is -0.977. The Morgan fingerprint density at radius 1 is 1.14 bits per heavy atom. The number of allylic oxidation sites excluding steroid dienone is 5. The van der Waals surface area contributed by atoms with E-state index in [4.69, 9.17) is 14.2 Å². The molecule has 10 heteroatoms. The number of fused-ring (bicyclic) bond motifs is 3. The van der Waals surface area contributed by atoms with Gasteiger partial charge in [-0.15, -0.1) is 0 Å². The van der Waals surface area contributed by atoms with Gasteiger partial charge < -0.3 is 19.1 Å². The van der Waals surface area contributed by atoms with E-state index in [0.29, 0.717) is 13.1 Å². The van der Waals surface area contributed by atoms with Gasteiger partial charge >= 0.3 is 18.0 Å². The summed E-state index contributed by atoms with van der Waals surface area (Å²) in [6.45, 7) is 8.81. The van der Waals surface area contributed by atoms with Crippen LogP contribution in [-0.2, 0) is 33.4 Å². The van der Waals surface area contributed by atoms with Crippen LogP contribution < -0.4 is 0 Å². The smallest absolute Gasteiger partial charge is 0.410 e. The molecule has 4 aliphatic rings. The van der Waals surface area contributed by atoms with Crippen LogP contribution in [-0.4, -0.2) is 85.0 Å². The SMILES string of the molecule is COC(=O)[C@@H]1C[C@@H]2CN1C(=O)[C@H](CCC(=O)C=C(C)C)CC(=O)OCC(C)(C)CC/C=C/C1=CCCC3=C1CN(C3)C(=O)O2. The number of nitrogens with zero attached hydrogens (tertiary/aromatic N) is 2. The molecule has 240 valence electrons. The zero-order valence-corrected chi connectivity index (χ0v) is 26.7. The summed E-state index contributed by atoms with van der Waals surface area (Å²) in [5, 5.41) is 0. The Kier molecular flexibility index (Phi) is 10.9. The summed E-state index contributed by atoms with van der Waals surface area (Å²) < 4.78 is 16.5. The number of cyclic esters (lactones) is 1. The van der Waals surface area contributed by atoms with Crippen molar-refractivity contribution in [3.63, 3.8) is 0 Å². The minimum Gasteiger partial charge on any atom is -0.467 e. The number of carbonyl (C=O) groups excluding carboxylic acids is 5. The third kappa shape index (κ3) is 8.48. The highest BCUT2D eigenvalue weighted by Crippen LogP contribution is 2.34. The maximum Gasteiger partial charge on any atom is 0.410 e. The van der Waals surface area contributed by atoms with E-state index in [1.807, 2.05) is 27.7 Å². The van der Waals surface area contributed by atoms with Crippen LogP contribution in [0.4, 0.5) is 4.79 Å². The molecule has 3 aliphatic heterocycles. The molecule has 0 aromatic rings. The van der Waals surface area contributed by atoms with Crippen molar-refractivity contribution in [2.24, 2.45) is 11.3 Å². The second-order valence-electron chi connectivity index (χ2n) is 13.3. The van der Waals surface area contributed by atoms with Crippen LogP contribution in [0.2, 0.25) is 0 Å². The first-order valence-corrected chi connectivity index (χ1v) is 15.6. The zero-order chi connectivity index (χ0) is 32.0. The van der Waals surface area contributed by atoms with Gasteiger partial charge in [-0.3, -0.25) is 19.3 Å². The van der Waals surface area contributed by atoms with Crippen molar-refractivity contribution >= 4 is 29.7 Å². The summed E-state index contributed by atoms with van der Waals surface area (Å²) in [4.78, 5) is 68.6. The molecule has 10 nitrogen and oxygen atoms in total. The first kappa shape index (κ1) is 33.2. The highest BCUT2D eigenvalue weighted by Gasteiger charge is 2.45. The number of hydrogen-bond donors (Lipinski definition) is 0. The second kappa shape index (κ2) is 14.4. The molecular weight excluding hydrogens is 564 g/mol. The molecule has 0 aromatic heterocycles. The standard InChI is InChI=1S/C34H46N2O8/c1-22(2)15-26(37)13-12-24-16-30(38)43-21-34(3,4)14-7-6-9-23-10-8-11-25-18-35(20-28(23)25)33(41)44-27-17-29(32(40)42-5)36(19-27)31(24)39/h6,9-10,15,24,27,29H,7-8,11-14,16-21H2,1-5H3/b9-6+/t24-,27-,29+/m1/s1. The lowest BCUT2D eigenvalue weighted by molar-refractivity contribution is -0.155. The van der Waals surface area contributed by atoms with Gasteiger partial charge in [0.25, 0.3) is 0 Å². The van der Waals surface area contributed by atoms with Gasteiger partial charge in [0.15, 0.2) is 5.78 Å². The minimum atomic E-state index is -0.977. The predicted molar refractivity (Wildman–Crippen MR) is 163 cm³/mol. The third-order valence-corrected chi connectivity index (χ3v) is 8.72. The van der Waals surface area contributed by atoms with Gasteiger partial charge in [-0.25, -0.2) is 9.59 Å². The molecule has 0 spiro atoms. The first-order chi connectivity index (χ1) is 20.9. The van der Waals surface area contributed by atoms with Crippen molar-refractivity contribution in [2.45, 2.75) is 91.2 Å². The van der Waals surface area contributed by atoms with Crippen molar-refractivity contribution in [3.05, 3.63) is 46.6 Å². The van der Waals surface area contributed by atoms with Gasteiger partial charge in [0.2, 0.25) is 5.91 Å². The Morgan fingerprint density at radius 3 is 2.64 bits per heavy atom. The van der Waals surface area contributed by atoms with E-state index in [1.165, 1.54) is 23.7 Å². The van der Waals surface area contributed by atoms with E-state index in [-0.39, 0.29) is 50.0 Å². The van der Waals surface area contributed by atoms with E-state index in [9.17, 15) is 24.0 Å². The first-order valence-electron chi connectivity index (χ1n) is 15.6. The van der Waals surface area contributed by atoms with Crippen LogP contribution in [0, 0.1) is 11.3 Å². The van der Waals surface area contributed by atoms with Gasteiger partial charge in [0.05, 0.1) is 26.7 Å². The fraction of sp³-hybridized carbons (Fsp3) is 0.618. The number of ether oxygens (including phenoxy) is 3. The van der Waals surface area contributed by atoms with Gasteiger partial charge in [-0.2, -0.15) is 0 Å². The summed E-state index contributed by atoms with van der Waals surface area (Å²) >= 11 is 0. The summed E-state index contributed by atoms with van der Waals surface area (Å²) in [6.07, 6.45) is 10.1. The number of amides is 2. The molecule has 0 unspecified atom stereocenters. The van der Waals surface area contributed by atoms with Crippen LogP contribution in [0.15, 0.2) is 46.6 Å². The quantitative estimate of drug-likeness (QED) is 0.247. The lowest BCUT2D eigenvalue weighted by Gasteiger charge is -2.28. The molecule has 3 heterocycles. The summed E-state index contributed by atoms with van der Waals surface area (Å²) in [7, 11) is 1.24. The van der Waals surface area contributed by atoms with Crippen LogP contribution in [0.5, 0.6) is 0 Å². The predicted octanol–water partition coefficient (Wildman–Crippen LogP) is 4.84. The third-order valence-electron chi connectivity index (χ3n) is 8.72. The Bertz CT molecular complexity index is 1290. The molecule has 1 fully saturated rings. The number of carbonyl (C=O) groups is 5. The topological polar surface area (TPSA) is 120 Å². The van der Waals surface area contributed by atoms with Crippen LogP contribution in [0.1, 0.15) is 79.1 Å². The Labute approximate surface area is 260 Å². The molecule has 0 N–H and O–H groups in total. The number of ketones is 1. The minimum absolute atomic E-state index is 0.0142. The van der Waals surface area contributed by atoms with Gasteiger partial charge in [0.1, 0.15) is 12.1 Å². The molecule has 1 aliphatic carbocycles. The Balaban J connectivity index is 1.60. The van der Waals surface area contributed by atoms with Crippen molar-refractivity contribution in [1.82, 2.24) is 9.80 Å². The van der Waals surface area contributed by atoms with Gasteiger partial charge in [0, 0.05) is 31.8 Å². The number of hydrogen-bond acceptors (Lipinski definition) is 8. The van der Waals surface area contributed by atoms with Crippen molar-refractivity contribution in [2.75, 3.05) is 33.4 Å². The van der Waals surface area contributed by atoms with Crippen LogP contribution >= 0.6 is 0 Å².